The number of anilines is 2. The van der Waals surface area contributed by atoms with E-state index >= 15 is 0 Å². The maximum atomic E-state index is 12.2. The highest BCUT2D eigenvalue weighted by Crippen LogP contribution is 2.32. The molecule has 1 aromatic rings. The Morgan fingerprint density at radius 2 is 1.73 bits per heavy atom. The molecule has 22 heavy (non-hydrogen) atoms. The monoisotopic (exact) mass is 305 g/mol. The number of hydrogen-bond acceptors (Lipinski definition) is 3. The molecule has 2 rings (SSSR count). The highest BCUT2D eigenvalue weighted by Gasteiger charge is 2.33. The number of aliphatic carboxylic acids is 1. The number of benzene rings is 1. The predicted molar refractivity (Wildman–Crippen MR) is 81.6 cm³/mol. The molecule has 0 aromatic heterocycles. The van der Waals surface area contributed by atoms with E-state index in [0.717, 1.165) is 0 Å². The number of carbonyl (C=O) groups excluding carboxylic acids is 2. The largest absolute Gasteiger partial charge is 0.481 e. The summed E-state index contributed by atoms with van der Waals surface area (Å²) in [7, 11) is 1.51. The van der Waals surface area contributed by atoms with Crippen molar-refractivity contribution in [1.29, 1.82) is 0 Å². The number of amides is 3. The van der Waals surface area contributed by atoms with Gasteiger partial charge in [-0.3, -0.25) is 9.59 Å². The lowest BCUT2D eigenvalue weighted by atomic mass is 10.0. The van der Waals surface area contributed by atoms with Crippen molar-refractivity contribution in [3.63, 3.8) is 0 Å². The van der Waals surface area contributed by atoms with Gasteiger partial charge in [0.15, 0.2) is 0 Å². The van der Waals surface area contributed by atoms with Crippen LogP contribution in [0.25, 0.3) is 0 Å². The molecular weight excluding hydrogens is 286 g/mol. The summed E-state index contributed by atoms with van der Waals surface area (Å²) in [6.07, 6.45) is 1.49. The first-order valence-electron chi connectivity index (χ1n) is 7.12. The molecule has 1 fully saturated rings. The van der Waals surface area contributed by atoms with E-state index in [1.807, 2.05) is 0 Å². The smallest absolute Gasteiger partial charge is 0.318 e. The van der Waals surface area contributed by atoms with Crippen LogP contribution in [0.4, 0.5) is 16.2 Å². The van der Waals surface area contributed by atoms with Crippen LogP contribution in [0.15, 0.2) is 24.3 Å². The molecule has 0 saturated heterocycles. The maximum absolute atomic E-state index is 12.2. The molecule has 0 spiro atoms. The second-order valence-corrected chi connectivity index (χ2v) is 5.32. The van der Waals surface area contributed by atoms with E-state index in [1.165, 1.54) is 7.05 Å². The van der Waals surface area contributed by atoms with Gasteiger partial charge in [-0.25, -0.2) is 4.79 Å². The van der Waals surface area contributed by atoms with Crippen molar-refractivity contribution in [2.45, 2.75) is 19.3 Å². The molecular formula is C15H19N3O4. The first kappa shape index (κ1) is 15.8. The average molecular weight is 305 g/mol. The second kappa shape index (κ2) is 6.93. The molecule has 2 atom stereocenters. The molecule has 4 N–H and O–H groups in total. The third-order valence-corrected chi connectivity index (χ3v) is 3.77. The first-order valence-corrected chi connectivity index (χ1v) is 7.12. The van der Waals surface area contributed by atoms with Crippen LogP contribution in [-0.4, -0.2) is 30.1 Å². The zero-order valence-corrected chi connectivity index (χ0v) is 12.3. The number of hydrogen-bond donors (Lipinski definition) is 4. The molecule has 3 amide bonds. The van der Waals surface area contributed by atoms with Crippen LogP contribution in [0.1, 0.15) is 19.3 Å². The number of rotatable bonds is 4. The molecule has 0 radical (unpaired) electrons. The Labute approximate surface area is 128 Å². The van der Waals surface area contributed by atoms with Crippen LogP contribution in [0.2, 0.25) is 0 Å². The summed E-state index contributed by atoms with van der Waals surface area (Å²) in [6.45, 7) is 0. The molecule has 0 aliphatic heterocycles. The SMILES string of the molecule is CNC(=O)Nc1cccc(NC(=O)[C@@H]2CC[C@H](C(=O)O)C2)c1. The summed E-state index contributed by atoms with van der Waals surface area (Å²) in [4.78, 5) is 34.4. The van der Waals surface area contributed by atoms with Crippen LogP contribution < -0.4 is 16.0 Å². The molecule has 1 aliphatic carbocycles. The quantitative estimate of drug-likeness (QED) is 0.681. The summed E-state index contributed by atoms with van der Waals surface area (Å²) < 4.78 is 0. The van der Waals surface area contributed by atoms with E-state index in [9.17, 15) is 14.4 Å². The Morgan fingerprint density at radius 3 is 2.32 bits per heavy atom. The van der Waals surface area contributed by atoms with E-state index in [2.05, 4.69) is 16.0 Å². The number of carboxylic acids is 1. The summed E-state index contributed by atoms with van der Waals surface area (Å²) in [5.41, 5.74) is 1.13. The first-order chi connectivity index (χ1) is 10.5. The van der Waals surface area contributed by atoms with E-state index < -0.39 is 11.9 Å². The molecule has 7 heteroatoms. The molecule has 7 nitrogen and oxygen atoms in total. The number of urea groups is 1. The van der Waals surface area contributed by atoms with Crippen molar-refractivity contribution in [1.82, 2.24) is 5.32 Å². The Hall–Kier alpha value is -2.57. The zero-order valence-electron chi connectivity index (χ0n) is 12.3. The van der Waals surface area contributed by atoms with Gasteiger partial charge in [0.05, 0.1) is 5.92 Å². The van der Waals surface area contributed by atoms with Gasteiger partial charge in [-0.1, -0.05) is 6.07 Å². The standard InChI is InChI=1S/C15H19N3O4/c1-16-15(22)18-12-4-2-3-11(8-12)17-13(19)9-5-6-10(7-9)14(20)21/h2-4,8-10H,5-7H2,1H3,(H,17,19)(H,20,21)(H2,16,18,22)/t9-,10+/m1/s1. The van der Waals surface area contributed by atoms with Crippen LogP contribution in [0.3, 0.4) is 0 Å². The van der Waals surface area contributed by atoms with E-state index in [1.54, 1.807) is 24.3 Å². The Morgan fingerprint density at radius 1 is 1.09 bits per heavy atom. The van der Waals surface area contributed by atoms with Crippen molar-refractivity contribution >= 4 is 29.3 Å². The summed E-state index contributed by atoms with van der Waals surface area (Å²) in [5, 5.41) is 16.8. The summed E-state index contributed by atoms with van der Waals surface area (Å²) in [5.74, 6) is -1.73. The fourth-order valence-corrected chi connectivity index (χ4v) is 2.56. The van der Waals surface area contributed by atoms with Crippen molar-refractivity contribution in [2.75, 3.05) is 17.7 Å². The molecule has 1 aromatic carbocycles. The normalized spacial score (nSPS) is 20.2. The molecule has 118 valence electrons. The van der Waals surface area contributed by atoms with E-state index in [4.69, 9.17) is 5.11 Å². The van der Waals surface area contributed by atoms with Crippen molar-refractivity contribution < 1.29 is 19.5 Å². The van der Waals surface area contributed by atoms with Gasteiger partial charge in [-0.05, 0) is 37.5 Å². The van der Waals surface area contributed by atoms with E-state index in [0.29, 0.717) is 30.6 Å². The van der Waals surface area contributed by atoms with Gasteiger partial charge in [0, 0.05) is 24.3 Å². The van der Waals surface area contributed by atoms with Gasteiger partial charge < -0.3 is 21.1 Å². The highest BCUT2D eigenvalue weighted by atomic mass is 16.4. The van der Waals surface area contributed by atoms with Crippen LogP contribution in [-0.2, 0) is 9.59 Å². The third kappa shape index (κ3) is 3.97. The molecule has 0 heterocycles. The fraction of sp³-hybridized carbons (Fsp3) is 0.400. The minimum absolute atomic E-state index is 0.180. The van der Waals surface area contributed by atoms with Gasteiger partial charge in [0.2, 0.25) is 5.91 Å². The number of carboxylic acid groups (broad SMARTS) is 1. The fourth-order valence-electron chi connectivity index (χ4n) is 2.56. The lowest BCUT2D eigenvalue weighted by molar-refractivity contribution is -0.141. The topological polar surface area (TPSA) is 108 Å². The Balaban J connectivity index is 1.96. The van der Waals surface area contributed by atoms with Gasteiger partial charge >= 0.3 is 12.0 Å². The van der Waals surface area contributed by atoms with Gasteiger partial charge in [0.1, 0.15) is 0 Å². The van der Waals surface area contributed by atoms with Crippen molar-refractivity contribution in [3.8, 4) is 0 Å². The van der Waals surface area contributed by atoms with Gasteiger partial charge in [0.25, 0.3) is 0 Å². The average Bonchev–Trinajstić information content (AvgIpc) is 2.97. The van der Waals surface area contributed by atoms with Crippen LogP contribution in [0, 0.1) is 11.8 Å². The van der Waals surface area contributed by atoms with Crippen LogP contribution in [0.5, 0.6) is 0 Å². The van der Waals surface area contributed by atoms with Gasteiger partial charge in [-0.2, -0.15) is 0 Å². The molecule has 0 bridgehead atoms. The molecule has 1 saturated carbocycles. The lowest BCUT2D eigenvalue weighted by Gasteiger charge is -2.12. The second-order valence-electron chi connectivity index (χ2n) is 5.32. The summed E-state index contributed by atoms with van der Waals surface area (Å²) >= 11 is 0. The highest BCUT2D eigenvalue weighted by molar-refractivity contribution is 5.95. The maximum Gasteiger partial charge on any atom is 0.318 e. The number of carbonyl (C=O) groups is 3. The number of nitrogens with one attached hydrogen (secondary N) is 3. The minimum atomic E-state index is -0.841. The zero-order chi connectivity index (χ0) is 16.1. The molecule has 0 unspecified atom stereocenters. The Kier molecular flexibility index (Phi) is 4.98. The van der Waals surface area contributed by atoms with Crippen molar-refractivity contribution in [2.24, 2.45) is 11.8 Å². The summed E-state index contributed by atoms with van der Waals surface area (Å²) in [6, 6.07) is 6.45. The van der Waals surface area contributed by atoms with E-state index in [-0.39, 0.29) is 17.9 Å². The predicted octanol–water partition coefficient (Wildman–Crippen LogP) is 1.88. The molecule has 1 aliphatic rings. The van der Waals surface area contributed by atoms with Crippen molar-refractivity contribution in [3.05, 3.63) is 24.3 Å². The lowest BCUT2D eigenvalue weighted by Crippen LogP contribution is -2.24. The Bertz CT molecular complexity index is 588. The third-order valence-electron chi connectivity index (χ3n) is 3.77. The minimum Gasteiger partial charge on any atom is -0.481 e. The van der Waals surface area contributed by atoms with Crippen LogP contribution >= 0.6 is 0 Å². The van der Waals surface area contributed by atoms with Gasteiger partial charge in [-0.15, -0.1) is 0 Å².